The molecule has 9 heteroatoms. The Kier molecular flexibility index (Phi) is 6.98. The average Bonchev–Trinajstić information content (AvgIpc) is 2.66. The maximum Gasteiger partial charge on any atom is 0.318 e. The van der Waals surface area contributed by atoms with E-state index in [2.05, 4.69) is 10.6 Å². The smallest absolute Gasteiger partial charge is 0.318 e. The van der Waals surface area contributed by atoms with Crippen molar-refractivity contribution < 1.29 is 18.0 Å². The molecule has 1 fully saturated rings. The number of benzene rings is 1. The Balaban J connectivity index is 2.02. The second-order valence-corrected chi connectivity index (χ2v) is 8.20. The molecule has 1 aliphatic rings. The van der Waals surface area contributed by atoms with Crippen molar-refractivity contribution in [1.82, 2.24) is 20.4 Å². The second kappa shape index (κ2) is 9.00. The fourth-order valence-corrected chi connectivity index (χ4v) is 4.23. The van der Waals surface area contributed by atoms with Crippen molar-refractivity contribution in [2.24, 2.45) is 0 Å². The van der Waals surface area contributed by atoms with Crippen LogP contribution in [0.2, 0.25) is 0 Å². The monoisotopic (exact) mass is 382 g/mol. The first-order valence-electron chi connectivity index (χ1n) is 8.65. The predicted molar refractivity (Wildman–Crippen MR) is 98.6 cm³/mol. The van der Waals surface area contributed by atoms with Gasteiger partial charge in [0, 0.05) is 39.8 Å². The van der Waals surface area contributed by atoms with Gasteiger partial charge in [-0.05, 0) is 19.1 Å². The second-order valence-electron chi connectivity index (χ2n) is 6.09. The van der Waals surface area contributed by atoms with Crippen molar-refractivity contribution in [3.05, 3.63) is 30.3 Å². The summed E-state index contributed by atoms with van der Waals surface area (Å²) in [7, 11) is -1.85. The normalized spacial score (nSPS) is 18.4. The van der Waals surface area contributed by atoms with Gasteiger partial charge in [-0.3, -0.25) is 9.69 Å². The van der Waals surface area contributed by atoms with Crippen LogP contribution in [0.3, 0.4) is 0 Å². The van der Waals surface area contributed by atoms with E-state index in [1.165, 1.54) is 11.9 Å². The third-order valence-electron chi connectivity index (χ3n) is 4.38. The average molecular weight is 382 g/mol. The van der Waals surface area contributed by atoms with Crippen molar-refractivity contribution in [3.63, 3.8) is 0 Å². The lowest BCUT2D eigenvalue weighted by atomic mass is 10.1. The molecule has 0 aromatic heterocycles. The van der Waals surface area contributed by atoms with Crippen molar-refractivity contribution in [3.8, 4) is 0 Å². The van der Waals surface area contributed by atoms with Crippen LogP contribution in [0.15, 0.2) is 35.2 Å². The van der Waals surface area contributed by atoms with Crippen LogP contribution in [-0.2, 0) is 14.6 Å². The van der Waals surface area contributed by atoms with Crippen molar-refractivity contribution in [2.75, 3.05) is 45.5 Å². The number of piperazine rings is 1. The molecule has 0 saturated carbocycles. The van der Waals surface area contributed by atoms with Gasteiger partial charge in [-0.15, -0.1) is 0 Å². The quantitative estimate of drug-likeness (QED) is 0.717. The Labute approximate surface area is 154 Å². The Hall–Kier alpha value is -2.13. The van der Waals surface area contributed by atoms with E-state index in [1.807, 2.05) is 11.8 Å². The fourth-order valence-electron chi connectivity index (χ4n) is 2.92. The number of sulfone groups is 1. The highest BCUT2D eigenvalue weighted by Crippen LogP contribution is 2.14. The van der Waals surface area contributed by atoms with Crippen LogP contribution in [-0.4, -0.2) is 81.7 Å². The molecule has 3 amide bonds. The van der Waals surface area contributed by atoms with E-state index in [9.17, 15) is 18.0 Å². The van der Waals surface area contributed by atoms with Gasteiger partial charge < -0.3 is 15.5 Å². The van der Waals surface area contributed by atoms with E-state index in [0.717, 1.165) is 0 Å². The zero-order chi connectivity index (χ0) is 19.2. The molecule has 1 aliphatic heterocycles. The first-order valence-corrected chi connectivity index (χ1v) is 10.3. The molecule has 0 radical (unpaired) electrons. The van der Waals surface area contributed by atoms with E-state index in [1.54, 1.807) is 30.3 Å². The number of nitrogens with one attached hydrogen (secondary N) is 2. The number of nitrogens with zero attached hydrogens (tertiary/aromatic N) is 2. The number of likely N-dealkylation sites (N-methyl/N-ethyl adjacent to an activating group) is 1. The third-order valence-corrected chi connectivity index (χ3v) is 6.09. The summed E-state index contributed by atoms with van der Waals surface area (Å²) in [6, 6.07) is 7.40. The molecule has 1 saturated heterocycles. The molecule has 0 aliphatic carbocycles. The summed E-state index contributed by atoms with van der Waals surface area (Å²) in [6.45, 7) is 3.81. The Bertz CT molecular complexity index is 724. The molecule has 1 unspecified atom stereocenters. The molecule has 1 heterocycles. The lowest BCUT2D eigenvalue weighted by molar-refractivity contribution is -0.126. The Morgan fingerprint density at radius 1 is 1.19 bits per heavy atom. The first kappa shape index (κ1) is 20.2. The minimum absolute atomic E-state index is 0.0291. The standard InChI is InChI=1S/C17H26N4O4S/c1-3-19-17(23)21-10-9-20(13-15(21)16(22)18-2)11-12-26(24,25)14-7-5-4-6-8-14/h4-8,15H,3,9-13H2,1-2H3,(H,18,22)(H,19,23). The van der Waals surface area contributed by atoms with Crippen LogP contribution < -0.4 is 10.6 Å². The largest absolute Gasteiger partial charge is 0.357 e. The highest BCUT2D eigenvalue weighted by molar-refractivity contribution is 7.91. The van der Waals surface area contributed by atoms with Gasteiger partial charge in [0.15, 0.2) is 9.84 Å². The van der Waals surface area contributed by atoms with Gasteiger partial charge in [0.25, 0.3) is 0 Å². The maximum absolute atomic E-state index is 12.4. The Morgan fingerprint density at radius 2 is 1.88 bits per heavy atom. The van der Waals surface area contributed by atoms with Crippen LogP contribution in [0.25, 0.3) is 0 Å². The van der Waals surface area contributed by atoms with Gasteiger partial charge in [0.05, 0.1) is 10.6 Å². The van der Waals surface area contributed by atoms with E-state index < -0.39 is 15.9 Å². The summed E-state index contributed by atoms with van der Waals surface area (Å²) >= 11 is 0. The van der Waals surface area contributed by atoms with Crippen LogP contribution in [0.1, 0.15) is 6.92 Å². The first-order chi connectivity index (χ1) is 12.4. The van der Waals surface area contributed by atoms with E-state index in [4.69, 9.17) is 0 Å². The summed E-state index contributed by atoms with van der Waals surface area (Å²) < 4.78 is 24.8. The van der Waals surface area contributed by atoms with Crippen LogP contribution in [0, 0.1) is 0 Å². The van der Waals surface area contributed by atoms with E-state index >= 15 is 0 Å². The molecule has 0 spiro atoms. The summed E-state index contributed by atoms with van der Waals surface area (Å²) in [6.07, 6.45) is 0. The molecule has 26 heavy (non-hydrogen) atoms. The van der Waals surface area contributed by atoms with Crippen LogP contribution >= 0.6 is 0 Å². The van der Waals surface area contributed by atoms with Gasteiger partial charge >= 0.3 is 6.03 Å². The van der Waals surface area contributed by atoms with Gasteiger partial charge in [0.2, 0.25) is 5.91 Å². The summed E-state index contributed by atoms with van der Waals surface area (Å²) in [5, 5.41) is 5.28. The number of hydrogen-bond donors (Lipinski definition) is 2. The molecular weight excluding hydrogens is 356 g/mol. The van der Waals surface area contributed by atoms with Gasteiger partial charge in [0.1, 0.15) is 6.04 Å². The predicted octanol–water partition coefficient (Wildman–Crippen LogP) is -0.0780. The summed E-state index contributed by atoms with van der Waals surface area (Å²) in [5.41, 5.74) is 0. The number of rotatable bonds is 6. The molecule has 1 aromatic rings. The van der Waals surface area contributed by atoms with E-state index in [0.29, 0.717) is 37.6 Å². The number of carbonyl (C=O) groups is 2. The number of amides is 3. The van der Waals surface area contributed by atoms with Gasteiger partial charge in [-0.2, -0.15) is 0 Å². The highest BCUT2D eigenvalue weighted by atomic mass is 32.2. The zero-order valence-corrected chi connectivity index (χ0v) is 16.0. The van der Waals surface area contributed by atoms with Crippen molar-refractivity contribution >= 4 is 21.8 Å². The lowest BCUT2D eigenvalue weighted by Crippen LogP contribution is -2.62. The molecule has 144 valence electrons. The molecule has 1 atom stereocenters. The van der Waals surface area contributed by atoms with Crippen LogP contribution in [0.5, 0.6) is 0 Å². The number of carbonyl (C=O) groups excluding carboxylic acids is 2. The molecule has 0 bridgehead atoms. The summed E-state index contributed by atoms with van der Waals surface area (Å²) in [5.74, 6) is -0.287. The minimum Gasteiger partial charge on any atom is -0.357 e. The minimum atomic E-state index is -3.38. The molecule has 8 nitrogen and oxygen atoms in total. The fraction of sp³-hybridized carbons (Fsp3) is 0.529. The topological polar surface area (TPSA) is 98.8 Å². The third kappa shape index (κ3) is 4.95. The number of hydrogen-bond acceptors (Lipinski definition) is 5. The zero-order valence-electron chi connectivity index (χ0n) is 15.1. The lowest BCUT2D eigenvalue weighted by Gasteiger charge is -2.40. The molecule has 2 N–H and O–H groups in total. The van der Waals surface area contributed by atoms with Crippen molar-refractivity contribution in [2.45, 2.75) is 17.9 Å². The maximum atomic E-state index is 12.4. The van der Waals surface area contributed by atoms with E-state index in [-0.39, 0.29) is 17.7 Å². The van der Waals surface area contributed by atoms with Crippen LogP contribution in [0.4, 0.5) is 4.79 Å². The Morgan fingerprint density at radius 3 is 2.50 bits per heavy atom. The molecule has 2 rings (SSSR count). The number of urea groups is 1. The molecular formula is C17H26N4O4S. The summed E-state index contributed by atoms with van der Waals surface area (Å²) in [4.78, 5) is 28.0. The van der Waals surface area contributed by atoms with Crippen molar-refractivity contribution in [1.29, 1.82) is 0 Å². The van der Waals surface area contributed by atoms with Gasteiger partial charge in [-0.1, -0.05) is 18.2 Å². The molecule has 1 aromatic carbocycles. The highest BCUT2D eigenvalue weighted by Gasteiger charge is 2.35. The SMILES string of the molecule is CCNC(=O)N1CCN(CCS(=O)(=O)c2ccccc2)CC1C(=O)NC. The van der Waals surface area contributed by atoms with Gasteiger partial charge in [-0.25, -0.2) is 13.2 Å².